The normalized spacial score (nSPS) is 10.7. The van der Waals surface area contributed by atoms with Gasteiger partial charge in [0.15, 0.2) is 6.29 Å². The second-order valence-corrected chi connectivity index (χ2v) is 4.25. The van der Waals surface area contributed by atoms with E-state index in [1.807, 2.05) is 24.3 Å². The van der Waals surface area contributed by atoms with Crippen molar-refractivity contribution in [1.29, 1.82) is 0 Å². The summed E-state index contributed by atoms with van der Waals surface area (Å²) < 4.78 is 1.62. The Morgan fingerprint density at radius 1 is 1.17 bits per heavy atom. The molecule has 0 N–H and O–H groups in total. The van der Waals surface area contributed by atoms with Crippen LogP contribution >= 0.6 is 11.6 Å². The van der Waals surface area contributed by atoms with Crippen LogP contribution in [0.5, 0.6) is 0 Å². The van der Waals surface area contributed by atoms with Gasteiger partial charge in [-0.15, -0.1) is 5.10 Å². The molecule has 18 heavy (non-hydrogen) atoms. The van der Waals surface area contributed by atoms with Crippen LogP contribution in [0.2, 0.25) is 5.02 Å². The van der Waals surface area contributed by atoms with Crippen LogP contribution in [0.4, 0.5) is 0 Å². The zero-order chi connectivity index (χ0) is 12.5. The van der Waals surface area contributed by atoms with E-state index in [4.69, 9.17) is 11.6 Å². The highest BCUT2D eigenvalue weighted by Gasteiger charge is 2.10. The first kappa shape index (κ1) is 10.9. The first-order valence-corrected chi connectivity index (χ1v) is 5.73. The molecule has 0 radical (unpaired) electrons. The summed E-state index contributed by atoms with van der Waals surface area (Å²) in [6, 6.07) is 12.6. The summed E-state index contributed by atoms with van der Waals surface area (Å²) in [5.41, 5.74) is 2.76. The maximum absolute atomic E-state index is 11.1. The van der Waals surface area contributed by atoms with Crippen molar-refractivity contribution < 1.29 is 4.79 Å². The minimum absolute atomic E-state index is 0.523. The van der Waals surface area contributed by atoms with E-state index in [1.165, 1.54) is 0 Å². The second-order valence-electron chi connectivity index (χ2n) is 3.81. The van der Waals surface area contributed by atoms with Crippen molar-refractivity contribution in [2.24, 2.45) is 0 Å². The molecule has 3 rings (SSSR count). The van der Waals surface area contributed by atoms with Crippen LogP contribution in [0, 0.1) is 0 Å². The predicted octanol–water partition coefficient (Wildman–Crippen LogP) is 2.89. The molecule has 0 saturated heterocycles. The summed E-state index contributed by atoms with van der Waals surface area (Å²) >= 11 is 5.96. The van der Waals surface area contributed by atoms with Gasteiger partial charge < -0.3 is 0 Å². The van der Waals surface area contributed by atoms with E-state index in [0.29, 0.717) is 16.3 Å². The molecule has 0 amide bonds. The van der Waals surface area contributed by atoms with Crippen LogP contribution in [-0.4, -0.2) is 21.3 Å². The number of halogens is 1. The van der Waals surface area contributed by atoms with Gasteiger partial charge >= 0.3 is 0 Å². The molecular formula is C13H8ClN3O. The zero-order valence-corrected chi connectivity index (χ0v) is 10.0. The Bertz CT molecular complexity index is 736. The van der Waals surface area contributed by atoms with Crippen molar-refractivity contribution in [3.63, 3.8) is 0 Å². The third-order valence-electron chi connectivity index (χ3n) is 2.70. The topological polar surface area (TPSA) is 47.8 Å². The average molecular weight is 258 g/mol. The number of fused-ring (bicyclic) bond motifs is 1. The summed E-state index contributed by atoms with van der Waals surface area (Å²) in [5.74, 6) is 0. The fraction of sp³-hybridized carbons (Fsp3) is 0. The van der Waals surface area contributed by atoms with Crippen molar-refractivity contribution >= 4 is 28.9 Å². The number of aromatic nitrogens is 3. The highest BCUT2D eigenvalue weighted by atomic mass is 35.5. The van der Waals surface area contributed by atoms with Crippen LogP contribution in [0.3, 0.4) is 0 Å². The smallest absolute Gasteiger partial charge is 0.152 e. The van der Waals surface area contributed by atoms with Gasteiger partial charge in [-0.1, -0.05) is 28.9 Å². The molecule has 4 nitrogen and oxygen atoms in total. The van der Waals surface area contributed by atoms with E-state index in [9.17, 15) is 4.79 Å². The minimum atomic E-state index is 0.523. The van der Waals surface area contributed by atoms with Gasteiger partial charge in [-0.25, -0.2) is 4.68 Å². The second kappa shape index (κ2) is 4.23. The highest BCUT2D eigenvalue weighted by molar-refractivity contribution is 6.30. The molecule has 0 unspecified atom stereocenters. The van der Waals surface area contributed by atoms with Crippen molar-refractivity contribution in [3.05, 3.63) is 53.1 Å². The first-order valence-electron chi connectivity index (χ1n) is 5.35. The van der Waals surface area contributed by atoms with Gasteiger partial charge in [0, 0.05) is 10.6 Å². The molecule has 0 saturated carbocycles. The maximum atomic E-state index is 11.1. The summed E-state index contributed by atoms with van der Waals surface area (Å²) in [5, 5.41) is 8.67. The van der Waals surface area contributed by atoms with E-state index in [1.54, 1.807) is 22.9 Å². The monoisotopic (exact) mass is 257 g/mol. The number of para-hydroxylation sites is 1. The molecule has 5 heteroatoms. The Kier molecular flexibility index (Phi) is 2.57. The van der Waals surface area contributed by atoms with Gasteiger partial charge in [-0.2, -0.15) is 0 Å². The van der Waals surface area contributed by atoms with E-state index >= 15 is 0 Å². The fourth-order valence-corrected chi connectivity index (χ4v) is 2.01. The molecule has 88 valence electrons. The minimum Gasteiger partial charge on any atom is -0.298 e. The van der Waals surface area contributed by atoms with Gasteiger partial charge in [0.05, 0.1) is 11.2 Å². The number of aldehydes is 1. The third-order valence-corrected chi connectivity index (χ3v) is 2.93. The molecule has 0 aliphatic heterocycles. The number of carbonyl (C=O) groups is 1. The van der Waals surface area contributed by atoms with Crippen LogP contribution < -0.4 is 0 Å². The Balaban J connectivity index is 2.32. The molecule has 0 fully saturated rings. The first-order chi connectivity index (χ1) is 8.79. The van der Waals surface area contributed by atoms with Gasteiger partial charge in [0.1, 0.15) is 5.52 Å². The molecule has 0 bridgehead atoms. The lowest BCUT2D eigenvalue weighted by atomic mass is 10.2. The maximum Gasteiger partial charge on any atom is 0.152 e. The fourth-order valence-electron chi connectivity index (χ4n) is 1.85. The lowest BCUT2D eigenvalue weighted by Gasteiger charge is -2.05. The van der Waals surface area contributed by atoms with Crippen LogP contribution in [0.25, 0.3) is 16.7 Å². The average Bonchev–Trinajstić information content (AvgIpc) is 2.82. The number of hydrogen-bond donors (Lipinski definition) is 0. The standard InChI is InChI=1S/C13H8ClN3O/c14-10-6-5-9(8-18)13(7-10)17-12-4-2-1-3-11(12)15-16-17/h1-8H. The Hall–Kier alpha value is -2.20. The molecule has 3 aromatic rings. The Labute approximate surface area is 108 Å². The van der Waals surface area contributed by atoms with E-state index in [2.05, 4.69) is 10.3 Å². The molecular weight excluding hydrogens is 250 g/mol. The number of benzene rings is 2. The third kappa shape index (κ3) is 1.67. The SMILES string of the molecule is O=Cc1ccc(Cl)cc1-n1nnc2ccccc21. The highest BCUT2D eigenvalue weighted by Crippen LogP contribution is 2.21. The molecule has 0 atom stereocenters. The zero-order valence-electron chi connectivity index (χ0n) is 9.25. The van der Waals surface area contributed by atoms with Crippen LogP contribution in [0.15, 0.2) is 42.5 Å². The lowest BCUT2D eigenvalue weighted by molar-refractivity contribution is 0.112. The largest absolute Gasteiger partial charge is 0.298 e. The van der Waals surface area contributed by atoms with E-state index in [0.717, 1.165) is 17.3 Å². The summed E-state index contributed by atoms with van der Waals surface area (Å²) in [6.07, 6.45) is 0.780. The summed E-state index contributed by atoms with van der Waals surface area (Å²) in [6.45, 7) is 0. The van der Waals surface area contributed by atoms with Gasteiger partial charge in [-0.05, 0) is 30.3 Å². The van der Waals surface area contributed by atoms with Crippen molar-refractivity contribution in [2.75, 3.05) is 0 Å². The van der Waals surface area contributed by atoms with Gasteiger partial charge in [0.25, 0.3) is 0 Å². The Morgan fingerprint density at radius 2 is 2.00 bits per heavy atom. The van der Waals surface area contributed by atoms with Crippen LogP contribution in [-0.2, 0) is 0 Å². The van der Waals surface area contributed by atoms with E-state index in [-0.39, 0.29) is 0 Å². The van der Waals surface area contributed by atoms with Gasteiger partial charge in [0.2, 0.25) is 0 Å². The number of nitrogens with zero attached hydrogens (tertiary/aromatic N) is 3. The number of carbonyl (C=O) groups excluding carboxylic acids is 1. The molecule has 0 spiro atoms. The van der Waals surface area contributed by atoms with E-state index < -0.39 is 0 Å². The molecule has 1 aromatic heterocycles. The molecule has 0 aliphatic carbocycles. The Morgan fingerprint density at radius 3 is 2.83 bits per heavy atom. The molecule has 2 aromatic carbocycles. The van der Waals surface area contributed by atoms with Crippen molar-refractivity contribution in [2.45, 2.75) is 0 Å². The lowest BCUT2D eigenvalue weighted by Crippen LogP contribution is -2.01. The van der Waals surface area contributed by atoms with Gasteiger partial charge in [-0.3, -0.25) is 4.79 Å². The van der Waals surface area contributed by atoms with Crippen molar-refractivity contribution in [3.8, 4) is 5.69 Å². The molecule has 0 aliphatic rings. The van der Waals surface area contributed by atoms with Crippen LogP contribution in [0.1, 0.15) is 10.4 Å². The molecule has 1 heterocycles. The number of rotatable bonds is 2. The summed E-state index contributed by atoms with van der Waals surface area (Å²) in [4.78, 5) is 11.1. The summed E-state index contributed by atoms with van der Waals surface area (Å²) in [7, 11) is 0. The van der Waals surface area contributed by atoms with Crippen molar-refractivity contribution in [1.82, 2.24) is 15.0 Å². The predicted molar refractivity (Wildman–Crippen MR) is 69.3 cm³/mol. The quantitative estimate of drug-likeness (QED) is 0.663. The number of hydrogen-bond acceptors (Lipinski definition) is 3.